The van der Waals surface area contributed by atoms with Crippen LogP contribution < -0.4 is 0 Å². The van der Waals surface area contributed by atoms with Crippen molar-refractivity contribution < 1.29 is 14.6 Å². The summed E-state index contributed by atoms with van der Waals surface area (Å²) >= 11 is 0. The highest BCUT2D eigenvalue weighted by Crippen LogP contribution is 2.64. The molecule has 0 unspecified atom stereocenters. The molecule has 3 heteroatoms. The maximum atomic E-state index is 10.8. The Kier molecular flexibility index (Phi) is 1.27. The summed E-state index contributed by atoms with van der Waals surface area (Å²) in [4.78, 5) is 10.8. The summed E-state index contributed by atoms with van der Waals surface area (Å²) in [5, 5.41) is 8.87. The lowest BCUT2D eigenvalue weighted by molar-refractivity contribution is -0.143. The summed E-state index contributed by atoms with van der Waals surface area (Å²) in [6, 6.07) is 0. The molecule has 0 spiro atoms. The van der Waals surface area contributed by atoms with Gasteiger partial charge in [-0.15, -0.1) is 0 Å². The van der Waals surface area contributed by atoms with Gasteiger partial charge >= 0.3 is 5.97 Å². The third kappa shape index (κ3) is 0.745. The highest BCUT2D eigenvalue weighted by molar-refractivity contribution is 5.79. The topological polar surface area (TPSA) is 46.5 Å². The van der Waals surface area contributed by atoms with Gasteiger partial charge in [0.1, 0.15) is 0 Å². The molecule has 2 aliphatic carbocycles. The van der Waals surface area contributed by atoms with E-state index in [-0.39, 0.29) is 11.5 Å². The predicted molar refractivity (Wildman–Crippen MR) is 38.2 cm³/mol. The zero-order valence-electron chi connectivity index (χ0n) is 6.54. The van der Waals surface area contributed by atoms with Crippen molar-refractivity contribution in [2.75, 3.05) is 7.11 Å². The Labute approximate surface area is 65.4 Å². The predicted octanol–water partition coefficient (Wildman–Crippen LogP) is 0.886. The second kappa shape index (κ2) is 1.97. The Morgan fingerprint density at radius 1 is 1.73 bits per heavy atom. The number of aliphatic carboxylic acids is 1. The molecule has 0 aromatic heterocycles. The van der Waals surface area contributed by atoms with E-state index in [0.29, 0.717) is 5.92 Å². The van der Waals surface area contributed by atoms with Crippen LogP contribution in [0.5, 0.6) is 0 Å². The first-order chi connectivity index (χ1) is 5.20. The lowest BCUT2D eigenvalue weighted by Crippen LogP contribution is -2.14. The van der Waals surface area contributed by atoms with E-state index >= 15 is 0 Å². The summed E-state index contributed by atoms with van der Waals surface area (Å²) < 4.78 is 5.18. The lowest BCUT2D eigenvalue weighted by atomic mass is 10.1. The van der Waals surface area contributed by atoms with Gasteiger partial charge in [-0.1, -0.05) is 0 Å². The van der Waals surface area contributed by atoms with Crippen molar-refractivity contribution in [2.45, 2.75) is 25.4 Å². The largest absolute Gasteiger partial charge is 0.481 e. The number of carboxylic acids is 1. The van der Waals surface area contributed by atoms with Crippen molar-refractivity contribution >= 4 is 5.97 Å². The third-order valence-corrected chi connectivity index (χ3v) is 3.19. The van der Waals surface area contributed by atoms with Gasteiger partial charge in [0.05, 0.1) is 11.5 Å². The minimum Gasteiger partial charge on any atom is -0.481 e. The van der Waals surface area contributed by atoms with Crippen LogP contribution in [0, 0.1) is 11.3 Å². The molecular formula is C8H12O3. The molecule has 62 valence electrons. The van der Waals surface area contributed by atoms with Gasteiger partial charge in [0.2, 0.25) is 0 Å². The second-order valence-electron chi connectivity index (χ2n) is 3.58. The Bertz CT molecular complexity index is 202. The smallest absolute Gasteiger partial charge is 0.310 e. The summed E-state index contributed by atoms with van der Waals surface area (Å²) in [5.41, 5.74) is -0.374. The van der Waals surface area contributed by atoms with Crippen molar-refractivity contribution in [3.63, 3.8) is 0 Å². The van der Waals surface area contributed by atoms with Crippen molar-refractivity contribution in [3.8, 4) is 0 Å². The molecule has 3 atom stereocenters. The maximum Gasteiger partial charge on any atom is 0.310 e. The number of rotatable bonds is 2. The van der Waals surface area contributed by atoms with Crippen LogP contribution in [0.1, 0.15) is 19.3 Å². The molecule has 0 aliphatic heterocycles. The number of hydrogen-bond donors (Lipinski definition) is 1. The average molecular weight is 156 g/mol. The summed E-state index contributed by atoms with van der Waals surface area (Å²) in [6.45, 7) is 0. The minimum atomic E-state index is -0.623. The number of carbonyl (C=O) groups is 1. The maximum absolute atomic E-state index is 10.8. The quantitative estimate of drug-likeness (QED) is 0.645. The molecule has 1 N–H and O–H groups in total. The van der Waals surface area contributed by atoms with Crippen LogP contribution in [-0.4, -0.2) is 24.3 Å². The molecule has 11 heavy (non-hydrogen) atoms. The fourth-order valence-corrected chi connectivity index (χ4v) is 2.34. The zero-order chi connectivity index (χ0) is 8.06. The highest BCUT2D eigenvalue weighted by atomic mass is 16.5. The van der Waals surface area contributed by atoms with E-state index in [0.717, 1.165) is 19.3 Å². The van der Waals surface area contributed by atoms with E-state index in [4.69, 9.17) is 9.84 Å². The monoisotopic (exact) mass is 156 g/mol. The van der Waals surface area contributed by atoms with Gasteiger partial charge in [0, 0.05) is 13.0 Å². The number of fused-ring (bicyclic) bond motifs is 1. The average Bonchev–Trinajstić information content (AvgIpc) is 2.61. The first kappa shape index (κ1) is 7.10. The SMILES string of the molecule is CO[C@@H]1CC[C@@]2(C(=O)O)C[C@@H]12. The lowest BCUT2D eigenvalue weighted by Gasteiger charge is -2.06. The molecule has 0 saturated heterocycles. The fourth-order valence-electron chi connectivity index (χ4n) is 2.34. The molecule has 2 aliphatic rings. The molecule has 0 bridgehead atoms. The van der Waals surface area contributed by atoms with E-state index in [1.165, 1.54) is 0 Å². The first-order valence-electron chi connectivity index (χ1n) is 3.97. The van der Waals surface area contributed by atoms with E-state index in [9.17, 15) is 4.79 Å². The molecule has 2 fully saturated rings. The van der Waals surface area contributed by atoms with Crippen LogP contribution in [0.4, 0.5) is 0 Å². The fraction of sp³-hybridized carbons (Fsp3) is 0.875. The molecule has 0 heterocycles. The van der Waals surface area contributed by atoms with Crippen LogP contribution in [0.25, 0.3) is 0 Å². The minimum absolute atomic E-state index is 0.214. The van der Waals surface area contributed by atoms with E-state index < -0.39 is 5.97 Å². The van der Waals surface area contributed by atoms with Gasteiger partial charge < -0.3 is 9.84 Å². The molecule has 0 aromatic carbocycles. The first-order valence-corrected chi connectivity index (χ1v) is 3.97. The van der Waals surface area contributed by atoms with Gasteiger partial charge in [-0.2, -0.15) is 0 Å². The van der Waals surface area contributed by atoms with Gasteiger partial charge in [-0.05, 0) is 19.3 Å². The Balaban J connectivity index is 2.10. The summed E-state index contributed by atoms with van der Waals surface area (Å²) in [5.74, 6) is -0.313. The highest BCUT2D eigenvalue weighted by Gasteiger charge is 2.67. The molecule has 2 rings (SSSR count). The number of hydrogen-bond acceptors (Lipinski definition) is 2. The number of carboxylic acid groups (broad SMARTS) is 1. The molecular weight excluding hydrogens is 144 g/mol. The van der Waals surface area contributed by atoms with Gasteiger partial charge in [-0.3, -0.25) is 4.79 Å². The Morgan fingerprint density at radius 2 is 2.45 bits per heavy atom. The van der Waals surface area contributed by atoms with Crippen LogP contribution in [-0.2, 0) is 9.53 Å². The van der Waals surface area contributed by atoms with Crippen LogP contribution in [0.15, 0.2) is 0 Å². The van der Waals surface area contributed by atoms with Gasteiger partial charge in [-0.25, -0.2) is 0 Å². The van der Waals surface area contributed by atoms with Crippen molar-refractivity contribution in [1.29, 1.82) is 0 Å². The number of methoxy groups -OCH3 is 1. The van der Waals surface area contributed by atoms with Crippen LogP contribution >= 0.6 is 0 Å². The van der Waals surface area contributed by atoms with Crippen molar-refractivity contribution in [1.82, 2.24) is 0 Å². The molecule has 0 aromatic rings. The van der Waals surface area contributed by atoms with Crippen molar-refractivity contribution in [2.24, 2.45) is 11.3 Å². The molecule has 2 saturated carbocycles. The van der Waals surface area contributed by atoms with E-state index in [1.54, 1.807) is 7.11 Å². The molecule has 0 radical (unpaired) electrons. The normalized spacial score (nSPS) is 47.0. The van der Waals surface area contributed by atoms with E-state index in [1.807, 2.05) is 0 Å². The summed E-state index contributed by atoms with van der Waals surface area (Å²) in [7, 11) is 1.67. The Morgan fingerprint density at radius 3 is 2.73 bits per heavy atom. The third-order valence-electron chi connectivity index (χ3n) is 3.19. The second-order valence-corrected chi connectivity index (χ2v) is 3.58. The van der Waals surface area contributed by atoms with Crippen LogP contribution in [0.2, 0.25) is 0 Å². The zero-order valence-corrected chi connectivity index (χ0v) is 6.54. The van der Waals surface area contributed by atoms with Gasteiger partial charge in [0.15, 0.2) is 0 Å². The molecule has 3 nitrogen and oxygen atoms in total. The number of ether oxygens (including phenoxy) is 1. The van der Waals surface area contributed by atoms with E-state index in [2.05, 4.69) is 0 Å². The molecule has 0 amide bonds. The van der Waals surface area contributed by atoms with Gasteiger partial charge in [0.25, 0.3) is 0 Å². The summed E-state index contributed by atoms with van der Waals surface area (Å²) in [6.07, 6.45) is 2.78. The Hall–Kier alpha value is -0.570. The standard InChI is InChI=1S/C8H12O3/c1-11-6-2-3-8(7(9)10)4-5(6)8/h5-6H,2-4H2,1H3,(H,9,10)/t5-,6+,8+/m0/s1. The van der Waals surface area contributed by atoms with Crippen molar-refractivity contribution in [3.05, 3.63) is 0 Å². The van der Waals surface area contributed by atoms with Crippen LogP contribution in [0.3, 0.4) is 0 Å².